The number of aliphatic hydroxyl groups excluding tert-OH is 1. The van der Waals surface area contributed by atoms with E-state index in [1.54, 1.807) is 0 Å². The van der Waals surface area contributed by atoms with Crippen LogP contribution >= 0.6 is 0 Å². The second-order valence-electron chi connectivity index (χ2n) is 7.42. The number of carbonyl (C=O) groups excluding carboxylic acids is 1. The second kappa shape index (κ2) is 8.90. The molecule has 6 nitrogen and oxygen atoms in total. The van der Waals surface area contributed by atoms with Crippen LogP contribution < -0.4 is 10.1 Å². The molecule has 7 heteroatoms. The first-order valence-corrected chi connectivity index (χ1v) is 9.90. The van der Waals surface area contributed by atoms with Crippen LogP contribution in [0, 0.1) is 5.82 Å². The van der Waals surface area contributed by atoms with Crippen LogP contribution in [0.2, 0.25) is 0 Å². The molecule has 1 amide bonds. The molecular weight excluding hydrogens is 375 g/mol. The summed E-state index contributed by atoms with van der Waals surface area (Å²) in [4.78, 5) is 14.9. The van der Waals surface area contributed by atoms with Crippen molar-refractivity contribution in [1.82, 2.24) is 10.2 Å². The molecule has 4 atom stereocenters. The van der Waals surface area contributed by atoms with Crippen LogP contribution in [0.25, 0.3) is 0 Å². The van der Waals surface area contributed by atoms with Gasteiger partial charge in [0.05, 0.1) is 25.3 Å². The molecule has 2 aliphatic rings. The number of nitrogens with one attached hydrogen (secondary N) is 1. The zero-order chi connectivity index (χ0) is 20.2. The van der Waals surface area contributed by atoms with Gasteiger partial charge in [-0.2, -0.15) is 0 Å². The highest BCUT2D eigenvalue weighted by molar-refractivity contribution is 5.94. The van der Waals surface area contributed by atoms with Gasteiger partial charge in [-0.3, -0.25) is 9.69 Å². The molecular formula is C22H25FN2O4. The lowest BCUT2D eigenvalue weighted by atomic mass is 10.1. The fraction of sp³-hybridized carbons (Fsp3) is 0.409. The molecule has 0 aromatic heterocycles. The van der Waals surface area contributed by atoms with Crippen LogP contribution in [0.15, 0.2) is 54.6 Å². The maximum absolute atomic E-state index is 13.2. The van der Waals surface area contributed by atoms with Crippen molar-refractivity contribution < 1.29 is 23.8 Å². The summed E-state index contributed by atoms with van der Waals surface area (Å²) in [7, 11) is 0. The molecule has 0 radical (unpaired) electrons. The normalized spacial score (nSPS) is 27.5. The van der Waals surface area contributed by atoms with E-state index in [0.717, 1.165) is 0 Å². The molecule has 2 fully saturated rings. The molecule has 1 aliphatic heterocycles. The van der Waals surface area contributed by atoms with Crippen molar-refractivity contribution >= 4 is 5.91 Å². The molecule has 154 valence electrons. The van der Waals surface area contributed by atoms with Gasteiger partial charge in [0.1, 0.15) is 23.8 Å². The van der Waals surface area contributed by atoms with Gasteiger partial charge in [-0.05, 0) is 36.4 Å². The average Bonchev–Trinajstić information content (AvgIpc) is 3.04. The third kappa shape index (κ3) is 4.58. The van der Waals surface area contributed by atoms with Crippen LogP contribution in [-0.4, -0.2) is 66.5 Å². The smallest absolute Gasteiger partial charge is 0.251 e. The van der Waals surface area contributed by atoms with Crippen LogP contribution in [0.5, 0.6) is 5.75 Å². The predicted octanol–water partition coefficient (Wildman–Crippen LogP) is 1.84. The van der Waals surface area contributed by atoms with Crippen molar-refractivity contribution in [2.45, 2.75) is 30.7 Å². The molecule has 2 aromatic carbocycles. The van der Waals surface area contributed by atoms with Gasteiger partial charge >= 0.3 is 0 Å². The molecule has 0 spiro atoms. The highest BCUT2D eigenvalue weighted by Gasteiger charge is 2.47. The minimum Gasteiger partial charge on any atom is -0.488 e. The maximum Gasteiger partial charge on any atom is 0.251 e. The van der Waals surface area contributed by atoms with E-state index >= 15 is 0 Å². The third-order valence-corrected chi connectivity index (χ3v) is 5.55. The number of rotatable bonds is 5. The molecule has 1 heterocycles. The number of hydrogen-bond acceptors (Lipinski definition) is 5. The number of amides is 1. The lowest BCUT2D eigenvalue weighted by Gasteiger charge is -2.37. The Morgan fingerprint density at radius 2 is 1.79 bits per heavy atom. The minimum absolute atomic E-state index is 0.281. The topological polar surface area (TPSA) is 71.0 Å². The molecule has 1 aliphatic carbocycles. The highest BCUT2D eigenvalue weighted by Crippen LogP contribution is 2.30. The van der Waals surface area contributed by atoms with Crippen molar-refractivity contribution in [3.63, 3.8) is 0 Å². The number of morpholine rings is 1. The second-order valence-corrected chi connectivity index (χ2v) is 7.42. The lowest BCUT2D eigenvalue weighted by molar-refractivity contribution is -0.0350. The number of nitrogens with zero attached hydrogens (tertiary/aromatic N) is 1. The zero-order valence-corrected chi connectivity index (χ0v) is 16.0. The van der Waals surface area contributed by atoms with Crippen LogP contribution in [-0.2, 0) is 4.74 Å². The van der Waals surface area contributed by atoms with Gasteiger partial charge in [0, 0.05) is 25.1 Å². The van der Waals surface area contributed by atoms with E-state index in [2.05, 4.69) is 10.2 Å². The van der Waals surface area contributed by atoms with Gasteiger partial charge in [-0.15, -0.1) is 0 Å². The number of halogens is 1. The van der Waals surface area contributed by atoms with Gasteiger partial charge in [-0.25, -0.2) is 4.39 Å². The molecule has 2 aromatic rings. The standard InChI is InChI=1S/C22H25FN2O4/c23-16-8-6-15(7-9-16)22(27)24-18-14-19(29-17-4-2-1-3-5-17)21(26)20(18)25-10-12-28-13-11-25/h1-9,18-21,26H,10-14H2,(H,24,27)/t18-,19-,20+,21+/m1/s1. The Hall–Kier alpha value is -2.48. The molecule has 0 bridgehead atoms. The van der Waals surface area contributed by atoms with Gasteiger partial charge in [0.25, 0.3) is 5.91 Å². The van der Waals surface area contributed by atoms with Crippen LogP contribution in [0.3, 0.4) is 0 Å². The summed E-state index contributed by atoms with van der Waals surface area (Å²) in [5.74, 6) is 0.00367. The Bertz CT molecular complexity index is 811. The lowest BCUT2D eigenvalue weighted by Crippen LogP contribution is -2.56. The number of aliphatic hydroxyl groups is 1. The third-order valence-electron chi connectivity index (χ3n) is 5.55. The number of carbonyl (C=O) groups is 1. The SMILES string of the molecule is O=C(N[C@@H]1C[C@@H](Oc2ccccc2)[C@H](O)[C@H]1N1CCOCC1)c1ccc(F)cc1. The largest absolute Gasteiger partial charge is 0.488 e. The zero-order valence-electron chi connectivity index (χ0n) is 16.0. The van der Waals surface area contributed by atoms with E-state index in [-0.39, 0.29) is 23.8 Å². The van der Waals surface area contributed by atoms with Gasteiger partial charge in [-0.1, -0.05) is 18.2 Å². The molecule has 2 N–H and O–H groups in total. The molecule has 1 saturated heterocycles. The summed E-state index contributed by atoms with van der Waals surface area (Å²) in [5.41, 5.74) is 0.383. The maximum atomic E-state index is 13.2. The van der Waals surface area contributed by atoms with E-state index in [9.17, 15) is 14.3 Å². The summed E-state index contributed by atoms with van der Waals surface area (Å²) >= 11 is 0. The summed E-state index contributed by atoms with van der Waals surface area (Å²) in [6.45, 7) is 2.55. The summed E-state index contributed by atoms with van der Waals surface area (Å²) in [6.07, 6.45) is -0.721. The average molecular weight is 400 g/mol. The first-order valence-electron chi connectivity index (χ1n) is 9.90. The number of ether oxygens (including phenoxy) is 2. The quantitative estimate of drug-likeness (QED) is 0.802. The number of para-hydroxylation sites is 1. The van der Waals surface area contributed by atoms with Crippen molar-refractivity contribution in [3.8, 4) is 5.75 Å². The fourth-order valence-corrected chi connectivity index (χ4v) is 4.12. The molecule has 4 rings (SSSR count). The molecule has 0 unspecified atom stereocenters. The van der Waals surface area contributed by atoms with Crippen LogP contribution in [0.4, 0.5) is 4.39 Å². The van der Waals surface area contributed by atoms with Gasteiger partial charge in [0.15, 0.2) is 0 Å². The minimum atomic E-state index is -0.758. The van der Waals surface area contributed by atoms with E-state index in [4.69, 9.17) is 9.47 Å². The Kier molecular flexibility index (Phi) is 6.08. The Balaban J connectivity index is 1.51. The van der Waals surface area contributed by atoms with E-state index < -0.39 is 12.2 Å². The first kappa shape index (κ1) is 19.8. The van der Waals surface area contributed by atoms with Crippen molar-refractivity contribution in [2.75, 3.05) is 26.3 Å². The van der Waals surface area contributed by atoms with Crippen molar-refractivity contribution in [1.29, 1.82) is 0 Å². The monoisotopic (exact) mass is 400 g/mol. The van der Waals surface area contributed by atoms with Gasteiger partial charge in [0.2, 0.25) is 0 Å². The van der Waals surface area contributed by atoms with Crippen molar-refractivity contribution in [3.05, 3.63) is 66.0 Å². The fourth-order valence-electron chi connectivity index (χ4n) is 4.12. The van der Waals surface area contributed by atoms with E-state index in [1.165, 1.54) is 24.3 Å². The van der Waals surface area contributed by atoms with E-state index in [0.29, 0.717) is 44.0 Å². The Labute approximate surface area is 169 Å². The van der Waals surface area contributed by atoms with E-state index in [1.807, 2.05) is 30.3 Å². The number of hydrogen-bond donors (Lipinski definition) is 2. The summed E-state index contributed by atoms with van der Waals surface area (Å²) < 4.78 is 24.6. The van der Waals surface area contributed by atoms with Crippen LogP contribution in [0.1, 0.15) is 16.8 Å². The molecule has 1 saturated carbocycles. The summed E-state index contributed by atoms with van der Waals surface area (Å²) in [6, 6.07) is 14.2. The van der Waals surface area contributed by atoms with Gasteiger partial charge < -0.3 is 19.9 Å². The van der Waals surface area contributed by atoms with Crippen molar-refractivity contribution in [2.24, 2.45) is 0 Å². The number of benzene rings is 2. The summed E-state index contributed by atoms with van der Waals surface area (Å²) in [5, 5.41) is 14.1. The Morgan fingerprint density at radius 3 is 2.48 bits per heavy atom. The molecule has 29 heavy (non-hydrogen) atoms. The predicted molar refractivity (Wildman–Crippen MR) is 105 cm³/mol. The Morgan fingerprint density at radius 1 is 1.10 bits per heavy atom. The first-order chi connectivity index (χ1) is 14.1. The highest BCUT2D eigenvalue weighted by atomic mass is 19.1.